The van der Waals surface area contributed by atoms with Crippen molar-refractivity contribution < 1.29 is 14.4 Å². The topological polar surface area (TPSA) is 79.4 Å². The van der Waals surface area contributed by atoms with Crippen LogP contribution in [0.25, 0.3) is 0 Å². The molecule has 1 saturated carbocycles. The van der Waals surface area contributed by atoms with Crippen LogP contribution in [0.15, 0.2) is 29.6 Å². The molecule has 6 nitrogen and oxygen atoms in total. The van der Waals surface area contributed by atoms with E-state index in [-0.39, 0.29) is 12.5 Å². The molecule has 1 N–H and O–H groups in total. The summed E-state index contributed by atoms with van der Waals surface area (Å²) in [4.78, 5) is 42.0. The first-order chi connectivity index (χ1) is 11.6. The lowest BCUT2D eigenvalue weighted by molar-refractivity contribution is -0.121. The minimum atomic E-state index is -0.421. The summed E-state index contributed by atoms with van der Waals surface area (Å²) < 4.78 is 0. The van der Waals surface area contributed by atoms with Crippen LogP contribution in [0.5, 0.6) is 0 Å². The Morgan fingerprint density at radius 1 is 1.21 bits per heavy atom. The van der Waals surface area contributed by atoms with Crippen molar-refractivity contribution in [1.82, 2.24) is 15.2 Å². The van der Waals surface area contributed by atoms with Gasteiger partial charge in [0.15, 0.2) is 0 Å². The summed E-state index contributed by atoms with van der Waals surface area (Å²) in [7, 11) is 0. The molecule has 7 heteroatoms. The zero-order valence-electron chi connectivity index (χ0n) is 12.8. The monoisotopic (exact) mass is 341 g/mol. The zero-order valence-corrected chi connectivity index (χ0v) is 13.6. The Balaban J connectivity index is 1.36. The van der Waals surface area contributed by atoms with Gasteiger partial charge in [-0.2, -0.15) is 0 Å². The van der Waals surface area contributed by atoms with Gasteiger partial charge in [0.1, 0.15) is 6.54 Å². The normalized spacial score (nSPS) is 16.4. The van der Waals surface area contributed by atoms with E-state index in [2.05, 4.69) is 10.3 Å². The van der Waals surface area contributed by atoms with Crippen molar-refractivity contribution in [2.45, 2.75) is 25.3 Å². The molecule has 2 heterocycles. The van der Waals surface area contributed by atoms with Crippen LogP contribution in [-0.4, -0.2) is 34.2 Å². The molecule has 1 aromatic carbocycles. The van der Waals surface area contributed by atoms with E-state index in [0.717, 1.165) is 15.6 Å². The van der Waals surface area contributed by atoms with Gasteiger partial charge in [-0.15, -0.1) is 11.3 Å². The minimum absolute atomic E-state index is 0.272. The van der Waals surface area contributed by atoms with Crippen molar-refractivity contribution in [2.75, 3.05) is 6.54 Å². The number of carbonyl (C=O) groups excluding carboxylic acids is 3. The first-order valence-corrected chi connectivity index (χ1v) is 8.67. The van der Waals surface area contributed by atoms with E-state index < -0.39 is 11.8 Å². The van der Waals surface area contributed by atoms with E-state index in [4.69, 9.17) is 0 Å². The molecule has 122 valence electrons. The summed E-state index contributed by atoms with van der Waals surface area (Å²) in [6.07, 6.45) is 2.39. The van der Waals surface area contributed by atoms with Gasteiger partial charge in [0.25, 0.3) is 11.8 Å². The molecule has 2 aliphatic rings. The third kappa shape index (κ3) is 2.71. The van der Waals surface area contributed by atoms with Gasteiger partial charge >= 0.3 is 0 Å². The van der Waals surface area contributed by atoms with Crippen molar-refractivity contribution in [3.8, 4) is 0 Å². The Labute approximate surface area is 142 Å². The highest BCUT2D eigenvalue weighted by Gasteiger charge is 2.36. The number of thiazole rings is 1. The van der Waals surface area contributed by atoms with Crippen LogP contribution >= 0.6 is 11.3 Å². The highest BCUT2D eigenvalue weighted by molar-refractivity contribution is 7.09. The molecule has 2 aromatic rings. The predicted octanol–water partition coefficient (Wildman–Crippen LogP) is 1.93. The summed E-state index contributed by atoms with van der Waals surface area (Å²) in [6, 6.07) is 6.60. The van der Waals surface area contributed by atoms with Crippen LogP contribution in [0.3, 0.4) is 0 Å². The summed E-state index contributed by atoms with van der Waals surface area (Å²) in [5, 5.41) is 5.79. The smallest absolute Gasteiger partial charge is 0.262 e. The third-order valence-corrected chi connectivity index (χ3v) is 5.20. The van der Waals surface area contributed by atoms with Crippen LogP contribution in [0.2, 0.25) is 0 Å². The molecular weight excluding hydrogens is 326 g/mol. The zero-order chi connectivity index (χ0) is 16.7. The van der Waals surface area contributed by atoms with Crippen LogP contribution in [-0.2, 0) is 11.3 Å². The van der Waals surface area contributed by atoms with Crippen molar-refractivity contribution in [2.24, 2.45) is 0 Å². The molecule has 4 rings (SSSR count). The molecule has 1 aliphatic heterocycles. The molecule has 0 saturated heterocycles. The van der Waals surface area contributed by atoms with E-state index in [1.807, 2.05) is 5.38 Å². The second kappa shape index (κ2) is 5.83. The van der Waals surface area contributed by atoms with Gasteiger partial charge in [-0.3, -0.25) is 19.3 Å². The van der Waals surface area contributed by atoms with E-state index >= 15 is 0 Å². The number of imide groups is 1. The van der Waals surface area contributed by atoms with Crippen LogP contribution in [0.4, 0.5) is 0 Å². The van der Waals surface area contributed by atoms with Gasteiger partial charge in [0.2, 0.25) is 5.91 Å². The summed E-state index contributed by atoms with van der Waals surface area (Å²) in [5.41, 5.74) is 1.52. The van der Waals surface area contributed by atoms with Gasteiger partial charge < -0.3 is 5.32 Å². The number of hydrogen-bond donors (Lipinski definition) is 1. The Bertz CT molecular complexity index is 806. The highest BCUT2D eigenvalue weighted by Crippen LogP contribution is 2.41. The van der Waals surface area contributed by atoms with E-state index in [1.165, 1.54) is 12.8 Å². The molecule has 0 radical (unpaired) electrons. The van der Waals surface area contributed by atoms with Gasteiger partial charge in [-0.05, 0) is 25.0 Å². The van der Waals surface area contributed by atoms with Gasteiger partial charge in [-0.25, -0.2) is 4.98 Å². The predicted molar refractivity (Wildman–Crippen MR) is 87.7 cm³/mol. The molecule has 1 aliphatic carbocycles. The van der Waals surface area contributed by atoms with Crippen LogP contribution < -0.4 is 5.32 Å². The van der Waals surface area contributed by atoms with Crippen molar-refractivity contribution in [3.05, 3.63) is 51.5 Å². The lowest BCUT2D eigenvalue weighted by Gasteiger charge is -2.13. The lowest BCUT2D eigenvalue weighted by atomic mass is 10.1. The third-order valence-electron chi connectivity index (χ3n) is 4.14. The van der Waals surface area contributed by atoms with E-state index in [1.54, 1.807) is 35.6 Å². The second-order valence-electron chi connectivity index (χ2n) is 5.97. The number of benzene rings is 1. The molecular formula is C17H15N3O3S. The van der Waals surface area contributed by atoms with Crippen molar-refractivity contribution in [3.63, 3.8) is 0 Å². The number of carbonyl (C=O) groups is 3. The molecule has 24 heavy (non-hydrogen) atoms. The highest BCUT2D eigenvalue weighted by atomic mass is 32.1. The molecule has 0 atom stereocenters. The SMILES string of the molecule is O=C(CN1C(=O)c2ccccc2C1=O)NCc1csc(C2CC2)n1. The summed E-state index contributed by atoms with van der Waals surface area (Å²) in [5.74, 6) is -0.617. The quantitative estimate of drug-likeness (QED) is 0.843. The Hall–Kier alpha value is -2.54. The van der Waals surface area contributed by atoms with Gasteiger partial charge in [0.05, 0.1) is 28.4 Å². The standard InChI is InChI=1S/C17H15N3O3S/c21-14(18-7-11-9-24-15(19-11)10-5-6-10)8-20-16(22)12-3-1-2-4-13(12)17(20)23/h1-4,9-10H,5-8H2,(H,18,21). The Morgan fingerprint density at radius 3 is 2.50 bits per heavy atom. The number of fused-ring (bicyclic) bond motifs is 1. The molecule has 0 unspecified atom stereocenters. The van der Waals surface area contributed by atoms with Crippen LogP contribution in [0.1, 0.15) is 50.2 Å². The molecule has 3 amide bonds. The fourth-order valence-corrected chi connectivity index (χ4v) is 3.68. The maximum absolute atomic E-state index is 12.2. The average molecular weight is 341 g/mol. The number of amides is 3. The van der Waals surface area contributed by atoms with Crippen LogP contribution in [0, 0.1) is 0 Å². The maximum Gasteiger partial charge on any atom is 0.262 e. The summed E-state index contributed by atoms with van der Waals surface area (Å²) >= 11 is 1.62. The van der Waals surface area contributed by atoms with E-state index in [0.29, 0.717) is 23.6 Å². The average Bonchev–Trinajstić information content (AvgIpc) is 3.29. The second-order valence-corrected chi connectivity index (χ2v) is 6.86. The van der Waals surface area contributed by atoms with Crippen molar-refractivity contribution in [1.29, 1.82) is 0 Å². The molecule has 0 spiro atoms. The summed E-state index contributed by atoms with van der Waals surface area (Å²) in [6.45, 7) is 0.0389. The fraction of sp³-hybridized carbons (Fsp3) is 0.294. The number of rotatable bonds is 5. The number of nitrogens with one attached hydrogen (secondary N) is 1. The first-order valence-electron chi connectivity index (χ1n) is 7.79. The Kier molecular flexibility index (Phi) is 3.65. The number of hydrogen-bond acceptors (Lipinski definition) is 5. The van der Waals surface area contributed by atoms with Gasteiger partial charge in [-0.1, -0.05) is 12.1 Å². The van der Waals surface area contributed by atoms with Crippen molar-refractivity contribution >= 4 is 29.1 Å². The maximum atomic E-state index is 12.2. The number of nitrogens with zero attached hydrogens (tertiary/aromatic N) is 2. The molecule has 0 bridgehead atoms. The minimum Gasteiger partial charge on any atom is -0.349 e. The fourth-order valence-electron chi connectivity index (χ4n) is 2.69. The van der Waals surface area contributed by atoms with E-state index in [9.17, 15) is 14.4 Å². The largest absolute Gasteiger partial charge is 0.349 e. The first kappa shape index (κ1) is 15.0. The number of aromatic nitrogens is 1. The van der Waals surface area contributed by atoms with Gasteiger partial charge in [0, 0.05) is 11.3 Å². The Morgan fingerprint density at radius 2 is 1.88 bits per heavy atom. The lowest BCUT2D eigenvalue weighted by Crippen LogP contribution is -2.40. The molecule has 1 aromatic heterocycles. The molecule has 1 fully saturated rings.